The van der Waals surface area contributed by atoms with Gasteiger partial charge in [0.05, 0.1) is 18.6 Å². The molecule has 2 atom stereocenters. The summed E-state index contributed by atoms with van der Waals surface area (Å²) in [6.45, 7) is 3.02. The molecule has 1 aliphatic heterocycles. The Morgan fingerprint density at radius 3 is 2.83 bits per heavy atom. The van der Waals surface area contributed by atoms with Crippen molar-refractivity contribution in [1.82, 2.24) is 0 Å². The Labute approximate surface area is 109 Å². The van der Waals surface area contributed by atoms with E-state index in [0.717, 1.165) is 37.1 Å². The number of hydrogen-bond acceptors (Lipinski definition) is 3. The van der Waals surface area contributed by atoms with E-state index >= 15 is 0 Å². The van der Waals surface area contributed by atoms with Gasteiger partial charge in [0.15, 0.2) is 0 Å². The van der Waals surface area contributed by atoms with Gasteiger partial charge in [-0.2, -0.15) is 5.26 Å². The largest absolute Gasteiger partial charge is 0.382 e. The van der Waals surface area contributed by atoms with Crippen LogP contribution in [0.3, 0.4) is 0 Å². The lowest BCUT2D eigenvalue weighted by Crippen LogP contribution is -2.33. The SMILES string of the molecule is CCC1CC(Nc2ccc(CC#N)cc2)CCO1. The molecule has 2 rings (SSSR count). The molecule has 1 aliphatic rings. The van der Waals surface area contributed by atoms with Crippen LogP contribution in [0.1, 0.15) is 31.7 Å². The number of nitrogens with one attached hydrogen (secondary N) is 1. The maximum atomic E-state index is 8.63. The zero-order valence-electron chi connectivity index (χ0n) is 10.9. The molecule has 3 heteroatoms. The molecule has 1 N–H and O–H groups in total. The van der Waals surface area contributed by atoms with Gasteiger partial charge >= 0.3 is 0 Å². The highest BCUT2D eigenvalue weighted by atomic mass is 16.5. The van der Waals surface area contributed by atoms with E-state index < -0.39 is 0 Å². The van der Waals surface area contributed by atoms with Crippen LogP contribution in [-0.4, -0.2) is 18.8 Å². The molecule has 1 heterocycles. The zero-order chi connectivity index (χ0) is 12.8. The van der Waals surface area contributed by atoms with Crippen molar-refractivity contribution < 1.29 is 4.74 Å². The van der Waals surface area contributed by atoms with Gasteiger partial charge < -0.3 is 10.1 Å². The predicted molar refractivity (Wildman–Crippen MR) is 72.4 cm³/mol. The highest BCUT2D eigenvalue weighted by Gasteiger charge is 2.20. The van der Waals surface area contributed by atoms with Crippen LogP contribution in [0.15, 0.2) is 24.3 Å². The first kappa shape index (κ1) is 12.9. The minimum Gasteiger partial charge on any atom is -0.382 e. The maximum Gasteiger partial charge on any atom is 0.0669 e. The summed E-state index contributed by atoms with van der Waals surface area (Å²) in [7, 11) is 0. The Balaban J connectivity index is 1.90. The fourth-order valence-electron chi connectivity index (χ4n) is 2.34. The molecule has 0 saturated carbocycles. The Morgan fingerprint density at radius 1 is 1.39 bits per heavy atom. The average molecular weight is 244 g/mol. The molecule has 1 aromatic carbocycles. The van der Waals surface area contributed by atoms with E-state index in [1.807, 2.05) is 12.1 Å². The van der Waals surface area contributed by atoms with Crippen LogP contribution in [-0.2, 0) is 11.2 Å². The summed E-state index contributed by atoms with van der Waals surface area (Å²) in [5.74, 6) is 0. The van der Waals surface area contributed by atoms with Crippen molar-refractivity contribution in [2.24, 2.45) is 0 Å². The average Bonchev–Trinajstić information content (AvgIpc) is 2.42. The summed E-state index contributed by atoms with van der Waals surface area (Å²) in [6, 6.07) is 10.8. The highest BCUT2D eigenvalue weighted by Crippen LogP contribution is 2.20. The number of rotatable bonds is 4. The monoisotopic (exact) mass is 244 g/mol. The fourth-order valence-corrected chi connectivity index (χ4v) is 2.34. The van der Waals surface area contributed by atoms with Crippen molar-refractivity contribution >= 4 is 5.69 Å². The molecular formula is C15H20N2O. The minimum absolute atomic E-state index is 0.397. The van der Waals surface area contributed by atoms with Gasteiger partial charge in [0, 0.05) is 18.3 Å². The molecule has 96 valence electrons. The molecular weight excluding hydrogens is 224 g/mol. The second kappa shape index (κ2) is 6.42. The lowest BCUT2D eigenvalue weighted by molar-refractivity contribution is 0.00926. The second-order valence-corrected chi connectivity index (χ2v) is 4.80. The van der Waals surface area contributed by atoms with Crippen molar-refractivity contribution in [3.05, 3.63) is 29.8 Å². The topological polar surface area (TPSA) is 45.0 Å². The lowest BCUT2D eigenvalue weighted by atomic mass is 10.0. The van der Waals surface area contributed by atoms with E-state index in [2.05, 4.69) is 30.4 Å². The van der Waals surface area contributed by atoms with Crippen LogP contribution in [0.4, 0.5) is 5.69 Å². The van der Waals surface area contributed by atoms with Crippen LogP contribution < -0.4 is 5.32 Å². The normalized spacial score (nSPS) is 23.3. The van der Waals surface area contributed by atoms with Crippen LogP contribution in [0.25, 0.3) is 0 Å². The molecule has 0 aromatic heterocycles. The van der Waals surface area contributed by atoms with E-state index in [-0.39, 0.29) is 0 Å². The van der Waals surface area contributed by atoms with Crippen molar-refractivity contribution in [2.45, 2.75) is 44.8 Å². The van der Waals surface area contributed by atoms with E-state index in [9.17, 15) is 0 Å². The van der Waals surface area contributed by atoms with Crippen molar-refractivity contribution in [2.75, 3.05) is 11.9 Å². The Hall–Kier alpha value is -1.53. The molecule has 2 unspecified atom stereocenters. The van der Waals surface area contributed by atoms with Gasteiger partial charge in [-0.05, 0) is 37.0 Å². The highest BCUT2D eigenvalue weighted by molar-refractivity contribution is 5.45. The summed E-state index contributed by atoms with van der Waals surface area (Å²) >= 11 is 0. The van der Waals surface area contributed by atoms with Gasteiger partial charge in [-0.25, -0.2) is 0 Å². The Bertz CT molecular complexity index is 407. The van der Waals surface area contributed by atoms with E-state index in [0.29, 0.717) is 18.6 Å². The minimum atomic E-state index is 0.397. The summed E-state index contributed by atoms with van der Waals surface area (Å²) in [5, 5.41) is 12.2. The Kier molecular flexibility index (Phi) is 4.60. The van der Waals surface area contributed by atoms with Gasteiger partial charge in [-0.1, -0.05) is 19.1 Å². The number of nitriles is 1. The maximum absolute atomic E-state index is 8.63. The first-order valence-corrected chi connectivity index (χ1v) is 6.66. The van der Waals surface area contributed by atoms with Crippen LogP contribution in [0, 0.1) is 11.3 Å². The number of nitrogens with zero attached hydrogens (tertiary/aromatic N) is 1. The molecule has 0 amide bonds. The first-order chi connectivity index (χ1) is 8.81. The third kappa shape index (κ3) is 3.48. The van der Waals surface area contributed by atoms with Crippen molar-refractivity contribution in [3.8, 4) is 6.07 Å². The lowest BCUT2D eigenvalue weighted by Gasteiger charge is -2.30. The fraction of sp³-hybridized carbons (Fsp3) is 0.533. The quantitative estimate of drug-likeness (QED) is 0.885. The molecule has 18 heavy (non-hydrogen) atoms. The smallest absolute Gasteiger partial charge is 0.0669 e. The molecule has 3 nitrogen and oxygen atoms in total. The van der Waals surface area contributed by atoms with Crippen LogP contribution in [0.5, 0.6) is 0 Å². The first-order valence-electron chi connectivity index (χ1n) is 6.66. The van der Waals surface area contributed by atoms with E-state index in [1.54, 1.807) is 0 Å². The van der Waals surface area contributed by atoms with Crippen LogP contribution in [0.2, 0.25) is 0 Å². The molecule has 0 aliphatic carbocycles. The number of ether oxygens (including phenoxy) is 1. The Morgan fingerprint density at radius 2 is 2.17 bits per heavy atom. The van der Waals surface area contributed by atoms with Gasteiger partial charge in [-0.15, -0.1) is 0 Å². The number of benzene rings is 1. The van der Waals surface area contributed by atoms with E-state index in [4.69, 9.17) is 10.00 Å². The molecule has 1 saturated heterocycles. The summed E-state index contributed by atoms with van der Waals surface area (Å²) in [6.07, 6.45) is 4.11. The van der Waals surface area contributed by atoms with Gasteiger partial charge in [-0.3, -0.25) is 0 Å². The van der Waals surface area contributed by atoms with Gasteiger partial charge in [0.25, 0.3) is 0 Å². The molecule has 0 bridgehead atoms. The standard InChI is InChI=1S/C15H20N2O/c1-2-15-11-14(8-10-18-15)17-13-5-3-12(4-6-13)7-9-16/h3-6,14-15,17H,2,7-8,10-11H2,1H3. The summed E-state index contributed by atoms with van der Waals surface area (Å²) < 4.78 is 5.67. The number of anilines is 1. The second-order valence-electron chi connectivity index (χ2n) is 4.80. The summed E-state index contributed by atoms with van der Waals surface area (Å²) in [4.78, 5) is 0. The predicted octanol–water partition coefficient (Wildman–Crippen LogP) is 3.12. The van der Waals surface area contributed by atoms with Gasteiger partial charge in [0.2, 0.25) is 0 Å². The third-order valence-electron chi connectivity index (χ3n) is 3.43. The molecule has 0 radical (unpaired) electrons. The van der Waals surface area contributed by atoms with Crippen LogP contribution >= 0.6 is 0 Å². The van der Waals surface area contributed by atoms with Crippen molar-refractivity contribution in [3.63, 3.8) is 0 Å². The van der Waals surface area contributed by atoms with Crippen molar-refractivity contribution in [1.29, 1.82) is 5.26 Å². The van der Waals surface area contributed by atoms with E-state index in [1.165, 1.54) is 0 Å². The molecule has 1 fully saturated rings. The summed E-state index contributed by atoms with van der Waals surface area (Å²) in [5.41, 5.74) is 2.21. The molecule has 1 aromatic rings. The third-order valence-corrected chi connectivity index (χ3v) is 3.43. The zero-order valence-corrected chi connectivity index (χ0v) is 10.9. The molecule has 0 spiro atoms. The number of hydrogen-bond donors (Lipinski definition) is 1. The van der Waals surface area contributed by atoms with Gasteiger partial charge in [0.1, 0.15) is 0 Å².